The molecule has 0 fully saturated rings. The van der Waals surface area contributed by atoms with Crippen molar-refractivity contribution in [3.63, 3.8) is 0 Å². The lowest BCUT2D eigenvalue weighted by Gasteiger charge is -2.16. The molecule has 1 rings (SSSR count). The van der Waals surface area contributed by atoms with Crippen molar-refractivity contribution in [3.05, 3.63) is 57.4 Å². The number of hydrogen-bond acceptors (Lipinski definition) is 5. The van der Waals surface area contributed by atoms with Crippen LogP contribution in [0.3, 0.4) is 0 Å². The Hall–Kier alpha value is -1.20. The molecule has 1 aromatic rings. The van der Waals surface area contributed by atoms with E-state index in [4.69, 9.17) is 20.6 Å². The largest absolute Gasteiger partial charge is 0.353 e. The topological polar surface area (TPSA) is 78.7 Å². The highest BCUT2D eigenvalue weighted by atomic mass is 35.5. The van der Waals surface area contributed by atoms with Crippen molar-refractivity contribution < 1.29 is 18.5 Å². The highest BCUT2D eigenvalue weighted by Gasteiger charge is 2.23. The Balaban J connectivity index is 3.03. The summed E-state index contributed by atoms with van der Waals surface area (Å²) in [4.78, 5) is 10.5. The molecular weight excluding hydrogens is 329 g/mol. The van der Waals surface area contributed by atoms with Gasteiger partial charge in [0.05, 0.1) is 5.92 Å². The van der Waals surface area contributed by atoms with Crippen molar-refractivity contribution >= 4 is 19.2 Å². The molecule has 22 heavy (non-hydrogen) atoms. The van der Waals surface area contributed by atoms with E-state index in [0.29, 0.717) is 12.0 Å². The summed E-state index contributed by atoms with van der Waals surface area (Å²) in [6.07, 6.45) is 0.311. The fraction of sp³-hybridized carbons (Fsp3) is 0.429. The predicted octanol–water partition coefficient (Wildman–Crippen LogP) is 4.05. The van der Waals surface area contributed by atoms with Crippen molar-refractivity contribution in [1.82, 2.24) is 0 Å². The van der Waals surface area contributed by atoms with Gasteiger partial charge in [0.15, 0.2) is 0 Å². The maximum atomic E-state index is 12.1. The standard InChI is InChI=1S/C14H19ClNO5P/c1-20-22(19,21-2)11-12(9-15)8-14(10-16(17)18)13-6-4-3-5-7-13/h3-7,11,14H,8-10H2,1-2H3/b12-11-. The van der Waals surface area contributed by atoms with Gasteiger partial charge >= 0.3 is 7.60 Å². The second-order valence-corrected chi connectivity index (χ2v) is 6.99. The van der Waals surface area contributed by atoms with Gasteiger partial charge in [0.1, 0.15) is 0 Å². The zero-order valence-electron chi connectivity index (χ0n) is 12.5. The van der Waals surface area contributed by atoms with Crippen LogP contribution in [0, 0.1) is 10.1 Å². The molecule has 0 bridgehead atoms. The molecule has 0 N–H and O–H groups in total. The van der Waals surface area contributed by atoms with Crippen molar-refractivity contribution in [1.29, 1.82) is 0 Å². The van der Waals surface area contributed by atoms with Gasteiger partial charge in [0.25, 0.3) is 0 Å². The summed E-state index contributed by atoms with van der Waals surface area (Å²) in [6, 6.07) is 9.14. The molecular formula is C14H19ClNO5P. The summed E-state index contributed by atoms with van der Waals surface area (Å²) in [6.45, 7) is -0.234. The maximum Gasteiger partial charge on any atom is 0.353 e. The van der Waals surface area contributed by atoms with Gasteiger partial charge in [-0.2, -0.15) is 0 Å². The van der Waals surface area contributed by atoms with Crippen molar-refractivity contribution in [2.45, 2.75) is 12.3 Å². The van der Waals surface area contributed by atoms with Gasteiger partial charge in [-0.15, -0.1) is 11.6 Å². The zero-order valence-corrected chi connectivity index (χ0v) is 14.1. The molecule has 0 aliphatic heterocycles. The number of rotatable bonds is 9. The second-order valence-electron chi connectivity index (χ2n) is 4.65. The third-order valence-corrected chi connectivity index (χ3v) is 5.21. The molecule has 0 aromatic heterocycles. The highest BCUT2D eigenvalue weighted by molar-refractivity contribution is 7.57. The van der Waals surface area contributed by atoms with Crippen LogP contribution in [0.1, 0.15) is 17.9 Å². The summed E-state index contributed by atoms with van der Waals surface area (Å²) in [5.74, 6) is 1.08. The molecule has 0 aliphatic carbocycles. The molecule has 1 aromatic carbocycles. The van der Waals surface area contributed by atoms with Crippen molar-refractivity contribution in [3.8, 4) is 0 Å². The fourth-order valence-corrected chi connectivity index (χ4v) is 3.35. The number of benzene rings is 1. The van der Waals surface area contributed by atoms with Gasteiger partial charge in [-0.3, -0.25) is 14.7 Å². The number of nitrogens with zero attached hydrogens (tertiary/aromatic N) is 1. The summed E-state index contributed by atoms with van der Waals surface area (Å²) in [5.41, 5.74) is 1.42. The maximum absolute atomic E-state index is 12.1. The van der Waals surface area contributed by atoms with Crippen LogP contribution in [0.15, 0.2) is 41.7 Å². The van der Waals surface area contributed by atoms with Crippen LogP contribution in [0.2, 0.25) is 0 Å². The Morgan fingerprint density at radius 3 is 2.41 bits per heavy atom. The van der Waals surface area contributed by atoms with Gasteiger partial charge in [-0.1, -0.05) is 30.3 Å². The minimum atomic E-state index is -3.35. The third kappa shape index (κ3) is 5.89. The van der Waals surface area contributed by atoms with E-state index in [1.165, 1.54) is 20.0 Å². The van der Waals surface area contributed by atoms with E-state index in [9.17, 15) is 14.7 Å². The van der Waals surface area contributed by atoms with Gasteiger partial charge < -0.3 is 9.05 Å². The Morgan fingerprint density at radius 1 is 1.36 bits per heavy atom. The van der Waals surface area contributed by atoms with Gasteiger partial charge in [0.2, 0.25) is 6.54 Å². The summed E-state index contributed by atoms with van der Waals surface area (Å²) < 4.78 is 21.9. The first-order valence-electron chi connectivity index (χ1n) is 6.58. The Kier molecular flexibility index (Phi) is 7.76. The van der Waals surface area contributed by atoms with Crippen LogP contribution in [-0.2, 0) is 13.6 Å². The van der Waals surface area contributed by atoms with Crippen LogP contribution >= 0.6 is 19.2 Å². The molecule has 0 heterocycles. The fourth-order valence-electron chi connectivity index (χ4n) is 2.05. The Labute approximate surface area is 134 Å². The third-order valence-electron chi connectivity index (χ3n) is 3.17. The van der Waals surface area contributed by atoms with Crippen molar-refractivity contribution in [2.75, 3.05) is 26.6 Å². The monoisotopic (exact) mass is 347 g/mol. The molecule has 0 saturated heterocycles. The molecule has 8 heteroatoms. The number of hydrogen-bond donors (Lipinski definition) is 0. The smallest absolute Gasteiger partial charge is 0.309 e. The van der Waals surface area contributed by atoms with E-state index in [0.717, 1.165) is 5.56 Å². The van der Waals surface area contributed by atoms with Gasteiger partial charge in [0, 0.05) is 30.8 Å². The van der Waals surface area contributed by atoms with E-state index in [1.807, 2.05) is 30.3 Å². The van der Waals surface area contributed by atoms with Crippen LogP contribution in [-0.4, -0.2) is 31.6 Å². The number of halogens is 1. The minimum Gasteiger partial charge on any atom is -0.309 e. The molecule has 0 aliphatic rings. The number of allylic oxidation sites excluding steroid dienone is 1. The molecule has 6 nitrogen and oxygen atoms in total. The van der Waals surface area contributed by atoms with E-state index < -0.39 is 7.60 Å². The van der Waals surface area contributed by atoms with E-state index >= 15 is 0 Å². The molecule has 0 spiro atoms. The summed E-state index contributed by atoms with van der Waals surface area (Å²) in [7, 11) is -0.800. The first-order valence-corrected chi connectivity index (χ1v) is 8.73. The lowest BCUT2D eigenvalue weighted by atomic mass is 9.93. The minimum absolute atomic E-state index is 0.0950. The number of alkyl halides is 1. The average Bonchev–Trinajstić information content (AvgIpc) is 2.53. The zero-order chi connectivity index (χ0) is 16.6. The van der Waals surface area contributed by atoms with E-state index in [-0.39, 0.29) is 23.3 Å². The first kappa shape index (κ1) is 18.8. The lowest BCUT2D eigenvalue weighted by molar-refractivity contribution is -0.483. The average molecular weight is 348 g/mol. The molecule has 0 radical (unpaired) electrons. The van der Waals surface area contributed by atoms with Crippen LogP contribution in [0.4, 0.5) is 0 Å². The SMILES string of the molecule is COP(=O)(/C=C(\CCl)CC(C[N+](=O)[O-])c1ccccc1)OC. The molecule has 0 saturated carbocycles. The molecule has 0 amide bonds. The van der Waals surface area contributed by atoms with Gasteiger partial charge in [-0.05, 0) is 17.6 Å². The summed E-state index contributed by atoms with van der Waals surface area (Å²) in [5, 5.41) is 10.9. The van der Waals surface area contributed by atoms with E-state index in [2.05, 4.69) is 0 Å². The Bertz CT molecular complexity index is 556. The lowest BCUT2D eigenvalue weighted by Crippen LogP contribution is -2.14. The van der Waals surface area contributed by atoms with Crippen LogP contribution in [0.25, 0.3) is 0 Å². The predicted molar refractivity (Wildman–Crippen MR) is 86.1 cm³/mol. The van der Waals surface area contributed by atoms with Crippen molar-refractivity contribution in [2.24, 2.45) is 0 Å². The highest BCUT2D eigenvalue weighted by Crippen LogP contribution is 2.49. The Morgan fingerprint density at radius 2 is 1.95 bits per heavy atom. The second kappa shape index (κ2) is 9.06. The molecule has 122 valence electrons. The quantitative estimate of drug-likeness (QED) is 0.291. The van der Waals surface area contributed by atoms with Crippen LogP contribution in [0.5, 0.6) is 0 Å². The summed E-state index contributed by atoms with van der Waals surface area (Å²) >= 11 is 5.89. The molecule has 1 unspecified atom stereocenters. The normalized spacial score (nSPS) is 13.9. The first-order chi connectivity index (χ1) is 10.4. The van der Waals surface area contributed by atoms with E-state index in [1.54, 1.807) is 0 Å². The van der Waals surface area contributed by atoms with Crippen LogP contribution < -0.4 is 0 Å². The van der Waals surface area contributed by atoms with Gasteiger partial charge in [-0.25, -0.2) is 0 Å². The number of nitro groups is 1. The molecule has 1 atom stereocenters.